The number of nitrogens with zero attached hydrogens (tertiary/aromatic N) is 2. The molecule has 1 aromatic carbocycles. The second-order valence-electron chi connectivity index (χ2n) is 4.93. The summed E-state index contributed by atoms with van der Waals surface area (Å²) in [5.74, 6) is 1.39. The molecular formula is C14H21N3O. The van der Waals surface area contributed by atoms with Crippen LogP contribution in [0.3, 0.4) is 0 Å². The maximum absolute atomic E-state index is 5.25. The zero-order chi connectivity index (χ0) is 13.1. The molecule has 2 rings (SSSR count). The summed E-state index contributed by atoms with van der Waals surface area (Å²) in [7, 11) is 3.76. The third-order valence-electron chi connectivity index (χ3n) is 3.25. The quantitative estimate of drug-likeness (QED) is 0.883. The summed E-state index contributed by atoms with van der Waals surface area (Å²) < 4.78 is 7.34. The van der Waals surface area contributed by atoms with E-state index in [-0.39, 0.29) is 6.04 Å². The number of para-hydroxylation sites is 2. The van der Waals surface area contributed by atoms with Gasteiger partial charge in [0.1, 0.15) is 0 Å². The molecule has 1 heterocycles. The number of imidazole rings is 1. The SMILES string of the molecule is COCC(Nc1nc2ccccc2n1C)C(C)C. The number of aryl methyl sites for hydroxylation is 1. The normalized spacial score (nSPS) is 13.2. The van der Waals surface area contributed by atoms with Crippen molar-refractivity contribution >= 4 is 17.0 Å². The van der Waals surface area contributed by atoms with Crippen LogP contribution in [-0.4, -0.2) is 29.3 Å². The Morgan fingerprint density at radius 3 is 2.67 bits per heavy atom. The van der Waals surface area contributed by atoms with E-state index in [4.69, 9.17) is 4.74 Å². The van der Waals surface area contributed by atoms with Gasteiger partial charge in [-0.15, -0.1) is 0 Å². The minimum Gasteiger partial charge on any atom is -0.383 e. The van der Waals surface area contributed by atoms with Crippen molar-refractivity contribution in [1.82, 2.24) is 9.55 Å². The molecule has 0 radical (unpaired) electrons. The Balaban J connectivity index is 2.27. The fourth-order valence-electron chi connectivity index (χ4n) is 2.02. The lowest BCUT2D eigenvalue weighted by Gasteiger charge is -2.22. The molecule has 4 nitrogen and oxygen atoms in total. The van der Waals surface area contributed by atoms with E-state index in [0.717, 1.165) is 17.0 Å². The predicted molar refractivity (Wildman–Crippen MR) is 74.8 cm³/mol. The van der Waals surface area contributed by atoms with Gasteiger partial charge in [-0.2, -0.15) is 0 Å². The number of nitrogens with one attached hydrogen (secondary N) is 1. The third-order valence-corrected chi connectivity index (χ3v) is 3.25. The van der Waals surface area contributed by atoms with Gasteiger partial charge in [0.2, 0.25) is 5.95 Å². The van der Waals surface area contributed by atoms with Crippen LogP contribution in [0, 0.1) is 5.92 Å². The first-order valence-electron chi connectivity index (χ1n) is 6.30. The van der Waals surface area contributed by atoms with Gasteiger partial charge in [0, 0.05) is 14.2 Å². The molecule has 0 bridgehead atoms. The van der Waals surface area contributed by atoms with Crippen LogP contribution in [0.1, 0.15) is 13.8 Å². The zero-order valence-electron chi connectivity index (χ0n) is 11.5. The first-order valence-corrected chi connectivity index (χ1v) is 6.30. The Hall–Kier alpha value is -1.55. The van der Waals surface area contributed by atoms with Crippen LogP contribution < -0.4 is 5.32 Å². The second kappa shape index (κ2) is 5.40. The average Bonchev–Trinajstić information content (AvgIpc) is 2.66. The fourth-order valence-corrected chi connectivity index (χ4v) is 2.02. The van der Waals surface area contributed by atoms with Crippen LogP contribution in [-0.2, 0) is 11.8 Å². The highest BCUT2D eigenvalue weighted by molar-refractivity contribution is 5.78. The lowest BCUT2D eigenvalue weighted by Crippen LogP contribution is -2.31. The first kappa shape index (κ1) is 12.9. The first-order chi connectivity index (χ1) is 8.63. The minimum absolute atomic E-state index is 0.269. The van der Waals surface area contributed by atoms with Crippen LogP contribution in [0.4, 0.5) is 5.95 Å². The van der Waals surface area contributed by atoms with Crippen LogP contribution in [0.15, 0.2) is 24.3 Å². The molecule has 0 aliphatic rings. The molecule has 0 aliphatic carbocycles. The number of hydrogen-bond donors (Lipinski definition) is 1. The smallest absolute Gasteiger partial charge is 0.203 e. The monoisotopic (exact) mass is 247 g/mol. The summed E-state index contributed by atoms with van der Waals surface area (Å²) in [5, 5.41) is 3.46. The van der Waals surface area contributed by atoms with E-state index in [1.807, 2.05) is 25.2 Å². The van der Waals surface area contributed by atoms with Gasteiger partial charge in [0.25, 0.3) is 0 Å². The molecule has 0 spiro atoms. The molecular weight excluding hydrogens is 226 g/mol. The number of benzene rings is 1. The summed E-state index contributed by atoms with van der Waals surface area (Å²) in [6.45, 7) is 5.04. The molecule has 1 N–H and O–H groups in total. The number of hydrogen-bond acceptors (Lipinski definition) is 3. The Morgan fingerprint density at radius 2 is 2.06 bits per heavy atom. The number of anilines is 1. The third kappa shape index (κ3) is 2.48. The van der Waals surface area contributed by atoms with Gasteiger partial charge in [-0.05, 0) is 18.1 Å². The highest BCUT2D eigenvalue weighted by Crippen LogP contribution is 2.19. The second-order valence-corrected chi connectivity index (χ2v) is 4.93. The Labute approximate surface area is 108 Å². The summed E-state index contributed by atoms with van der Waals surface area (Å²) >= 11 is 0. The molecule has 0 saturated carbocycles. The Bertz CT molecular complexity index is 519. The van der Waals surface area contributed by atoms with Crippen LogP contribution in [0.2, 0.25) is 0 Å². The van der Waals surface area contributed by atoms with Crippen molar-refractivity contribution in [2.75, 3.05) is 19.0 Å². The van der Waals surface area contributed by atoms with E-state index in [2.05, 4.69) is 34.8 Å². The van der Waals surface area contributed by atoms with Crippen molar-refractivity contribution in [2.24, 2.45) is 13.0 Å². The standard InChI is InChI=1S/C14H21N3O/c1-10(2)12(9-18-4)16-14-15-11-7-5-6-8-13(11)17(14)3/h5-8,10,12H,9H2,1-4H3,(H,15,16). The topological polar surface area (TPSA) is 39.1 Å². The van der Waals surface area contributed by atoms with Crippen molar-refractivity contribution in [1.29, 1.82) is 0 Å². The average molecular weight is 247 g/mol. The lowest BCUT2D eigenvalue weighted by atomic mass is 10.1. The summed E-state index contributed by atoms with van der Waals surface area (Å²) in [4.78, 5) is 4.61. The molecule has 1 unspecified atom stereocenters. The predicted octanol–water partition coefficient (Wildman–Crippen LogP) is 2.66. The highest BCUT2D eigenvalue weighted by Gasteiger charge is 2.16. The summed E-state index contributed by atoms with van der Waals surface area (Å²) in [5.41, 5.74) is 2.15. The molecule has 1 atom stereocenters. The summed E-state index contributed by atoms with van der Waals surface area (Å²) in [6.07, 6.45) is 0. The van der Waals surface area contributed by atoms with Crippen molar-refractivity contribution in [3.05, 3.63) is 24.3 Å². The van der Waals surface area contributed by atoms with E-state index in [1.54, 1.807) is 7.11 Å². The Morgan fingerprint density at radius 1 is 1.33 bits per heavy atom. The Kier molecular flexibility index (Phi) is 3.87. The van der Waals surface area contributed by atoms with Gasteiger partial charge in [0.05, 0.1) is 23.7 Å². The molecule has 4 heteroatoms. The number of rotatable bonds is 5. The number of aromatic nitrogens is 2. The van der Waals surface area contributed by atoms with E-state index in [1.165, 1.54) is 0 Å². The van der Waals surface area contributed by atoms with Gasteiger partial charge < -0.3 is 14.6 Å². The van der Waals surface area contributed by atoms with Gasteiger partial charge in [-0.1, -0.05) is 26.0 Å². The fraction of sp³-hybridized carbons (Fsp3) is 0.500. The maximum Gasteiger partial charge on any atom is 0.203 e. The summed E-state index contributed by atoms with van der Waals surface area (Å²) in [6, 6.07) is 8.41. The molecule has 0 saturated heterocycles. The maximum atomic E-state index is 5.25. The molecule has 0 amide bonds. The van der Waals surface area contributed by atoms with Crippen LogP contribution in [0.25, 0.3) is 11.0 Å². The van der Waals surface area contributed by atoms with Crippen molar-refractivity contribution in [3.8, 4) is 0 Å². The molecule has 18 heavy (non-hydrogen) atoms. The van der Waals surface area contributed by atoms with E-state index in [0.29, 0.717) is 12.5 Å². The molecule has 0 fully saturated rings. The van der Waals surface area contributed by atoms with Crippen molar-refractivity contribution in [3.63, 3.8) is 0 Å². The van der Waals surface area contributed by atoms with Gasteiger partial charge >= 0.3 is 0 Å². The molecule has 2 aromatic rings. The van der Waals surface area contributed by atoms with Crippen LogP contribution >= 0.6 is 0 Å². The molecule has 1 aromatic heterocycles. The lowest BCUT2D eigenvalue weighted by molar-refractivity contribution is 0.170. The number of methoxy groups -OCH3 is 1. The van der Waals surface area contributed by atoms with Crippen LogP contribution in [0.5, 0.6) is 0 Å². The number of ether oxygens (including phenoxy) is 1. The highest BCUT2D eigenvalue weighted by atomic mass is 16.5. The zero-order valence-corrected chi connectivity index (χ0v) is 11.5. The van der Waals surface area contributed by atoms with Crippen molar-refractivity contribution < 1.29 is 4.74 Å². The van der Waals surface area contributed by atoms with Gasteiger partial charge in [-0.25, -0.2) is 4.98 Å². The number of fused-ring (bicyclic) bond motifs is 1. The largest absolute Gasteiger partial charge is 0.383 e. The van der Waals surface area contributed by atoms with Crippen molar-refractivity contribution in [2.45, 2.75) is 19.9 Å². The van der Waals surface area contributed by atoms with Gasteiger partial charge in [0.15, 0.2) is 0 Å². The minimum atomic E-state index is 0.269. The molecule has 98 valence electrons. The van der Waals surface area contributed by atoms with Gasteiger partial charge in [-0.3, -0.25) is 0 Å². The van der Waals surface area contributed by atoms with E-state index in [9.17, 15) is 0 Å². The van der Waals surface area contributed by atoms with E-state index >= 15 is 0 Å². The molecule has 0 aliphatic heterocycles. The van der Waals surface area contributed by atoms with E-state index < -0.39 is 0 Å².